The first-order valence-corrected chi connectivity index (χ1v) is 11.9. The van der Waals surface area contributed by atoms with Gasteiger partial charge in [-0.3, -0.25) is 15.5 Å². The molecular formula is C27H33N3O5. The van der Waals surface area contributed by atoms with Crippen molar-refractivity contribution in [3.63, 3.8) is 0 Å². The molecule has 0 aromatic heterocycles. The van der Waals surface area contributed by atoms with E-state index in [0.717, 1.165) is 49.4 Å². The van der Waals surface area contributed by atoms with Crippen LogP contribution in [0.3, 0.4) is 0 Å². The van der Waals surface area contributed by atoms with Crippen LogP contribution in [-0.4, -0.2) is 55.0 Å². The van der Waals surface area contributed by atoms with Gasteiger partial charge in [-0.25, -0.2) is 9.59 Å². The Kier molecular flexibility index (Phi) is 7.73. The maximum atomic E-state index is 12.6. The monoisotopic (exact) mass is 479 g/mol. The van der Waals surface area contributed by atoms with E-state index in [1.807, 2.05) is 63.2 Å². The summed E-state index contributed by atoms with van der Waals surface area (Å²) in [5, 5.41) is 5.61. The van der Waals surface area contributed by atoms with Gasteiger partial charge in [-0.1, -0.05) is 42.5 Å². The number of carbonyl (C=O) groups is 2. The Bertz CT molecular complexity index is 1070. The highest BCUT2D eigenvalue weighted by atomic mass is 16.6. The molecule has 2 heterocycles. The molecule has 2 amide bonds. The average molecular weight is 480 g/mol. The Balaban J connectivity index is 1.48. The van der Waals surface area contributed by atoms with Crippen LogP contribution in [-0.2, 0) is 20.8 Å². The molecule has 0 unspecified atom stereocenters. The summed E-state index contributed by atoms with van der Waals surface area (Å²) in [6, 6.07) is 15.4. The SMILES string of the molecule is CC(C)(C)OC(=O)Nc1cc(NC(=O)OCc2ccccc2)ccc1C1=CCN(C2COC2)CC1. The smallest absolute Gasteiger partial charge is 0.412 e. The zero-order valence-corrected chi connectivity index (χ0v) is 20.5. The molecule has 0 aliphatic carbocycles. The van der Waals surface area contributed by atoms with Gasteiger partial charge in [-0.2, -0.15) is 0 Å². The summed E-state index contributed by atoms with van der Waals surface area (Å²) in [6.45, 7) is 8.95. The Morgan fingerprint density at radius 1 is 1.06 bits per heavy atom. The predicted molar refractivity (Wildman–Crippen MR) is 135 cm³/mol. The highest BCUT2D eigenvalue weighted by Crippen LogP contribution is 2.32. The standard InChI is InChI=1S/C27H33N3O5/c1-27(2,3)35-26(32)29-24-15-21(28-25(31)34-16-19-7-5-4-6-8-19)9-10-23(24)20-11-13-30(14-12-20)22-17-33-18-22/h4-11,15,22H,12-14,16-18H2,1-3H3,(H,28,31)(H,29,32). The minimum atomic E-state index is -0.628. The van der Waals surface area contributed by atoms with E-state index >= 15 is 0 Å². The fourth-order valence-corrected chi connectivity index (χ4v) is 3.99. The molecule has 2 aliphatic heterocycles. The zero-order chi connectivity index (χ0) is 24.8. The van der Waals surface area contributed by atoms with Crippen molar-refractivity contribution in [2.24, 2.45) is 0 Å². The molecule has 0 bridgehead atoms. The first-order chi connectivity index (χ1) is 16.8. The second-order valence-corrected chi connectivity index (χ2v) is 9.74. The Morgan fingerprint density at radius 2 is 1.83 bits per heavy atom. The van der Waals surface area contributed by atoms with Crippen molar-refractivity contribution >= 4 is 29.1 Å². The van der Waals surface area contributed by atoms with Gasteiger partial charge < -0.3 is 14.2 Å². The lowest BCUT2D eigenvalue weighted by Gasteiger charge is -2.39. The second kappa shape index (κ2) is 10.9. The third-order valence-electron chi connectivity index (χ3n) is 5.84. The van der Waals surface area contributed by atoms with E-state index in [9.17, 15) is 9.59 Å². The summed E-state index contributed by atoms with van der Waals surface area (Å²) in [4.78, 5) is 27.3. The largest absolute Gasteiger partial charge is 0.444 e. The molecular weight excluding hydrogens is 446 g/mol. The van der Waals surface area contributed by atoms with E-state index < -0.39 is 17.8 Å². The Labute approximate surface area is 206 Å². The van der Waals surface area contributed by atoms with Crippen molar-refractivity contribution in [2.75, 3.05) is 36.9 Å². The molecule has 0 atom stereocenters. The number of carbonyl (C=O) groups excluding carboxylic acids is 2. The van der Waals surface area contributed by atoms with Gasteiger partial charge in [0.05, 0.1) is 24.9 Å². The minimum Gasteiger partial charge on any atom is -0.444 e. The molecule has 2 aromatic carbocycles. The maximum Gasteiger partial charge on any atom is 0.412 e. The molecule has 0 saturated carbocycles. The average Bonchev–Trinajstić information content (AvgIpc) is 2.77. The summed E-state index contributed by atoms with van der Waals surface area (Å²) < 4.78 is 16.1. The van der Waals surface area contributed by atoms with Gasteiger partial charge in [0.15, 0.2) is 0 Å². The minimum absolute atomic E-state index is 0.170. The first-order valence-electron chi connectivity index (χ1n) is 11.9. The third kappa shape index (κ3) is 7.07. The molecule has 1 saturated heterocycles. The normalized spacial score (nSPS) is 16.6. The lowest BCUT2D eigenvalue weighted by Crippen LogP contribution is -2.50. The second-order valence-electron chi connectivity index (χ2n) is 9.74. The quantitative estimate of drug-likeness (QED) is 0.587. The molecule has 8 heteroatoms. The number of rotatable bonds is 6. The van der Waals surface area contributed by atoms with Crippen LogP contribution >= 0.6 is 0 Å². The molecule has 2 aromatic rings. The van der Waals surface area contributed by atoms with E-state index in [1.54, 1.807) is 6.07 Å². The fraction of sp³-hybridized carbons (Fsp3) is 0.407. The summed E-state index contributed by atoms with van der Waals surface area (Å²) in [6.07, 6.45) is 1.93. The summed E-state index contributed by atoms with van der Waals surface area (Å²) in [5.41, 5.74) is 3.41. The molecule has 2 aliphatic rings. The lowest BCUT2D eigenvalue weighted by molar-refractivity contribution is -0.0612. The number of benzene rings is 2. The number of nitrogens with one attached hydrogen (secondary N) is 2. The van der Waals surface area contributed by atoms with Crippen molar-refractivity contribution in [1.82, 2.24) is 4.90 Å². The van der Waals surface area contributed by atoms with Gasteiger partial charge >= 0.3 is 12.2 Å². The van der Waals surface area contributed by atoms with Crippen molar-refractivity contribution < 1.29 is 23.8 Å². The van der Waals surface area contributed by atoms with E-state index in [1.165, 1.54) is 0 Å². The highest BCUT2D eigenvalue weighted by Gasteiger charge is 2.28. The Morgan fingerprint density at radius 3 is 2.46 bits per heavy atom. The van der Waals surface area contributed by atoms with Gasteiger partial charge in [-0.05, 0) is 50.5 Å². The molecule has 186 valence electrons. The van der Waals surface area contributed by atoms with Crippen molar-refractivity contribution in [3.8, 4) is 0 Å². The summed E-state index contributed by atoms with van der Waals surface area (Å²) in [5.74, 6) is 0. The maximum absolute atomic E-state index is 12.6. The van der Waals surface area contributed by atoms with Crippen molar-refractivity contribution in [2.45, 2.75) is 45.4 Å². The molecule has 8 nitrogen and oxygen atoms in total. The highest BCUT2D eigenvalue weighted by molar-refractivity contribution is 5.93. The lowest BCUT2D eigenvalue weighted by atomic mass is 9.96. The van der Waals surface area contributed by atoms with Crippen LogP contribution in [0.4, 0.5) is 21.0 Å². The van der Waals surface area contributed by atoms with Crippen LogP contribution < -0.4 is 10.6 Å². The van der Waals surface area contributed by atoms with E-state index in [4.69, 9.17) is 14.2 Å². The topological polar surface area (TPSA) is 89.1 Å². The first kappa shape index (κ1) is 24.8. The number of hydrogen-bond donors (Lipinski definition) is 2. The molecule has 4 rings (SSSR count). The third-order valence-corrected chi connectivity index (χ3v) is 5.84. The van der Waals surface area contributed by atoms with Gasteiger partial charge in [-0.15, -0.1) is 0 Å². The van der Waals surface area contributed by atoms with Crippen LogP contribution in [0.25, 0.3) is 5.57 Å². The van der Waals surface area contributed by atoms with E-state index in [2.05, 4.69) is 21.6 Å². The Hall–Kier alpha value is -3.36. The molecule has 35 heavy (non-hydrogen) atoms. The molecule has 1 fully saturated rings. The van der Waals surface area contributed by atoms with Gasteiger partial charge in [0.1, 0.15) is 12.2 Å². The molecule has 0 spiro atoms. The van der Waals surface area contributed by atoms with Gasteiger partial charge in [0.2, 0.25) is 0 Å². The predicted octanol–water partition coefficient (Wildman–Crippen LogP) is 5.27. The van der Waals surface area contributed by atoms with Crippen LogP contribution in [0.1, 0.15) is 38.3 Å². The number of ether oxygens (including phenoxy) is 3. The summed E-state index contributed by atoms with van der Waals surface area (Å²) in [7, 11) is 0. The number of anilines is 2. The van der Waals surface area contributed by atoms with Crippen molar-refractivity contribution in [1.29, 1.82) is 0 Å². The number of amides is 2. The number of hydrogen-bond acceptors (Lipinski definition) is 6. The molecule has 0 radical (unpaired) electrons. The fourth-order valence-electron chi connectivity index (χ4n) is 3.99. The van der Waals surface area contributed by atoms with Crippen LogP contribution in [0, 0.1) is 0 Å². The number of nitrogens with zero attached hydrogens (tertiary/aromatic N) is 1. The van der Waals surface area contributed by atoms with Crippen LogP contribution in [0.15, 0.2) is 54.6 Å². The van der Waals surface area contributed by atoms with Crippen LogP contribution in [0.2, 0.25) is 0 Å². The van der Waals surface area contributed by atoms with Gasteiger partial charge in [0, 0.05) is 24.3 Å². The van der Waals surface area contributed by atoms with Gasteiger partial charge in [0.25, 0.3) is 0 Å². The van der Waals surface area contributed by atoms with E-state index in [0.29, 0.717) is 17.4 Å². The zero-order valence-electron chi connectivity index (χ0n) is 20.5. The van der Waals surface area contributed by atoms with Crippen molar-refractivity contribution in [3.05, 3.63) is 65.7 Å². The molecule has 2 N–H and O–H groups in total. The summed E-state index contributed by atoms with van der Waals surface area (Å²) >= 11 is 0. The van der Waals surface area contributed by atoms with Crippen LogP contribution in [0.5, 0.6) is 0 Å². The van der Waals surface area contributed by atoms with E-state index in [-0.39, 0.29) is 6.61 Å².